The highest BCUT2D eigenvalue weighted by Gasteiger charge is 2.38. The van der Waals surface area contributed by atoms with Crippen molar-refractivity contribution in [2.24, 2.45) is 0 Å². The zero-order valence-electron chi connectivity index (χ0n) is 16.6. The van der Waals surface area contributed by atoms with E-state index in [0.29, 0.717) is 44.0 Å². The molecule has 8 nitrogen and oxygen atoms in total. The summed E-state index contributed by atoms with van der Waals surface area (Å²) in [4.78, 5) is 27.3. The maximum atomic E-state index is 13.3. The molecule has 1 N–H and O–H groups in total. The van der Waals surface area contributed by atoms with Gasteiger partial charge in [0.15, 0.2) is 0 Å². The fraction of sp³-hybridized carbons (Fsp3) is 0.333. The number of likely N-dealkylation sites (N-methyl/N-ethyl adjacent to an activating group) is 1. The number of nitrogens with one attached hydrogen (secondary N) is 1. The lowest BCUT2D eigenvalue weighted by Gasteiger charge is -2.26. The number of carbonyl (C=O) groups excluding carboxylic acids is 2. The first kappa shape index (κ1) is 20.5. The van der Waals surface area contributed by atoms with Crippen molar-refractivity contribution in [3.05, 3.63) is 59.7 Å². The lowest BCUT2D eigenvalue weighted by molar-refractivity contribution is -0.121. The summed E-state index contributed by atoms with van der Waals surface area (Å²) in [6.45, 7) is 1.35. The molecule has 2 aromatic rings. The Kier molecular flexibility index (Phi) is 5.59. The van der Waals surface area contributed by atoms with Crippen LogP contribution in [0.2, 0.25) is 0 Å². The average molecular weight is 429 g/mol. The van der Waals surface area contributed by atoms with Gasteiger partial charge in [-0.15, -0.1) is 0 Å². The highest BCUT2D eigenvalue weighted by Crippen LogP contribution is 2.33. The number of amides is 2. The molecule has 9 heteroatoms. The molecule has 30 heavy (non-hydrogen) atoms. The third-order valence-corrected chi connectivity index (χ3v) is 7.37. The number of nitrogens with zero attached hydrogens (tertiary/aromatic N) is 2. The first-order valence-electron chi connectivity index (χ1n) is 9.74. The molecule has 4 rings (SSSR count). The van der Waals surface area contributed by atoms with Crippen molar-refractivity contribution in [2.75, 3.05) is 38.3 Å². The van der Waals surface area contributed by atoms with Gasteiger partial charge in [0.1, 0.15) is 6.04 Å². The zero-order valence-corrected chi connectivity index (χ0v) is 17.4. The number of anilines is 1. The summed E-state index contributed by atoms with van der Waals surface area (Å²) in [5.41, 5.74) is 1.94. The van der Waals surface area contributed by atoms with E-state index in [0.717, 1.165) is 5.56 Å². The molecule has 2 aliphatic heterocycles. The van der Waals surface area contributed by atoms with E-state index in [9.17, 15) is 18.0 Å². The van der Waals surface area contributed by atoms with Crippen molar-refractivity contribution in [1.82, 2.24) is 9.62 Å². The monoisotopic (exact) mass is 429 g/mol. The van der Waals surface area contributed by atoms with Crippen LogP contribution in [0.3, 0.4) is 0 Å². The quantitative estimate of drug-likeness (QED) is 0.783. The standard InChI is InChI=1S/C21H23N3O5S/c1-22-20(25)19-14-16-4-2-3-5-18(16)24(19)21(26)15-6-8-17(9-7-15)30(27,28)23-10-12-29-13-11-23/h2-9,19H,10-14H2,1H3,(H,22,25)/t19-/m1/s1. The summed E-state index contributed by atoms with van der Waals surface area (Å²) < 4.78 is 32.2. The number of fused-ring (bicyclic) bond motifs is 1. The normalized spacial score (nSPS) is 19.4. The fourth-order valence-corrected chi connectivity index (χ4v) is 5.27. The van der Waals surface area contributed by atoms with Crippen LogP contribution in [0, 0.1) is 0 Å². The molecule has 1 fully saturated rings. The predicted molar refractivity (Wildman–Crippen MR) is 111 cm³/mol. The molecule has 0 unspecified atom stereocenters. The molecular weight excluding hydrogens is 406 g/mol. The topological polar surface area (TPSA) is 96.0 Å². The van der Waals surface area contributed by atoms with Crippen molar-refractivity contribution in [3.63, 3.8) is 0 Å². The number of benzene rings is 2. The second-order valence-corrected chi connectivity index (χ2v) is 9.12. The number of para-hydroxylation sites is 1. The van der Waals surface area contributed by atoms with Crippen LogP contribution in [0.1, 0.15) is 15.9 Å². The Morgan fingerprint density at radius 1 is 1.03 bits per heavy atom. The summed E-state index contributed by atoms with van der Waals surface area (Å²) in [7, 11) is -2.10. The first-order chi connectivity index (χ1) is 14.4. The van der Waals surface area contributed by atoms with Gasteiger partial charge >= 0.3 is 0 Å². The summed E-state index contributed by atoms with van der Waals surface area (Å²) in [6, 6.07) is 12.6. The van der Waals surface area contributed by atoms with Crippen LogP contribution in [0.15, 0.2) is 53.4 Å². The van der Waals surface area contributed by atoms with Gasteiger partial charge in [0.05, 0.1) is 18.1 Å². The van der Waals surface area contributed by atoms with E-state index in [2.05, 4.69) is 5.32 Å². The summed E-state index contributed by atoms with van der Waals surface area (Å²) in [5.74, 6) is -0.588. The van der Waals surface area contributed by atoms with Gasteiger partial charge in [-0.3, -0.25) is 14.5 Å². The first-order valence-corrected chi connectivity index (χ1v) is 11.2. The van der Waals surface area contributed by atoms with Gasteiger partial charge in [-0.1, -0.05) is 18.2 Å². The molecule has 1 atom stereocenters. The Bertz CT molecular complexity index is 1060. The van der Waals surface area contributed by atoms with Crippen LogP contribution in [-0.2, 0) is 26.0 Å². The molecule has 0 saturated carbocycles. The zero-order chi connectivity index (χ0) is 21.3. The molecule has 2 heterocycles. The minimum Gasteiger partial charge on any atom is -0.379 e. The molecule has 2 aromatic carbocycles. The Labute approximate surface area is 175 Å². The maximum Gasteiger partial charge on any atom is 0.259 e. The number of ether oxygens (including phenoxy) is 1. The predicted octanol–water partition coefficient (Wildman–Crippen LogP) is 1.03. The molecule has 2 aliphatic rings. The second kappa shape index (κ2) is 8.17. The van der Waals surface area contributed by atoms with Crippen molar-refractivity contribution < 1.29 is 22.7 Å². The Morgan fingerprint density at radius 3 is 2.37 bits per heavy atom. The number of morpholine rings is 1. The van der Waals surface area contributed by atoms with Crippen LogP contribution < -0.4 is 10.2 Å². The summed E-state index contributed by atoms with van der Waals surface area (Å²) in [6.07, 6.45) is 0.436. The molecule has 0 spiro atoms. The van der Waals surface area contributed by atoms with Crippen molar-refractivity contribution in [3.8, 4) is 0 Å². The maximum absolute atomic E-state index is 13.3. The van der Waals surface area contributed by atoms with Crippen molar-refractivity contribution in [1.29, 1.82) is 0 Å². The number of sulfonamides is 1. The smallest absolute Gasteiger partial charge is 0.259 e. The van der Waals surface area contributed by atoms with Gasteiger partial charge in [-0.05, 0) is 35.9 Å². The van der Waals surface area contributed by atoms with Crippen LogP contribution in [0.5, 0.6) is 0 Å². The van der Waals surface area contributed by atoms with E-state index in [-0.39, 0.29) is 16.7 Å². The van der Waals surface area contributed by atoms with Crippen LogP contribution in [0.4, 0.5) is 5.69 Å². The third kappa shape index (κ3) is 3.60. The van der Waals surface area contributed by atoms with E-state index >= 15 is 0 Å². The molecule has 0 radical (unpaired) electrons. The van der Waals surface area contributed by atoms with Gasteiger partial charge in [-0.2, -0.15) is 4.31 Å². The minimum atomic E-state index is -3.64. The summed E-state index contributed by atoms with van der Waals surface area (Å²) in [5, 5.41) is 2.62. The van der Waals surface area contributed by atoms with E-state index in [1.54, 1.807) is 7.05 Å². The lowest BCUT2D eigenvalue weighted by atomic mass is 10.1. The lowest BCUT2D eigenvalue weighted by Crippen LogP contribution is -2.47. The van der Waals surface area contributed by atoms with Crippen molar-refractivity contribution >= 4 is 27.5 Å². The fourth-order valence-electron chi connectivity index (χ4n) is 3.86. The molecule has 2 amide bonds. The van der Waals surface area contributed by atoms with Crippen LogP contribution in [-0.4, -0.2) is 63.9 Å². The van der Waals surface area contributed by atoms with Crippen LogP contribution in [0.25, 0.3) is 0 Å². The van der Waals surface area contributed by atoms with E-state index in [4.69, 9.17) is 4.74 Å². The number of hydrogen-bond acceptors (Lipinski definition) is 5. The molecular formula is C21H23N3O5S. The van der Waals surface area contributed by atoms with E-state index in [1.807, 2.05) is 24.3 Å². The highest BCUT2D eigenvalue weighted by atomic mass is 32.2. The molecule has 158 valence electrons. The Hall–Kier alpha value is -2.75. The Balaban J connectivity index is 1.62. The molecule has 0 aliphatic carbocycles. The number of rotatable bonds is 4. The Morgan fingerprint density at radius 2 is 1.70 bits per heavy atom. The minimum absolute atomic E-state index is 0.130. The van der Waals surface area contributed by atoms with E-state index in [1.165, 1.54) is 33.5 Å². The molecule has 0 aromatic heterocycles. The SMILES string of the molecule is CNC(=O)[C@H]1Cc2ccccc2N1C(=O)c1ccc(S(=O)(=O)N2CCOCC2)cc1. The highest BCUT2D eigenvalue weighted by molar-refractivity contribution is 7.89. The average Bonchev–Trinajstić information content (AvgIpc) is 3.18. The third-order valence-electron chi connectivity index (χ3n) is 5.45. The van der Waals surface area contributed by atoms with Gasteiger partial charge in [0.25, 0.3) is 5.91 Å². The van der Waals surface area contributed by atoms with Crippen LogP contribution >= 0.6 is 0 Å². The molecule has 0 bridgehead atoms. The number of hydrogen-bond donors (Lipinski definition) is 1. The van der Waals surface area contributed by atoms with Gasteiger partial charge in [0.2, 0.25) is 15.9 Å². The largest absolute Gasteiger partial charge is 0.379 e. The summed E-state index contributed by atoms with van der Waals surface area (Å²) >= 11 is 0. The van der Waals surface area contributed by atoms with Gasteiger partial charge in [0, 0.05) is 37.8 Å². The van der Waals surface area contributed by atoms with E-state index < -0.39 is 16.1 Å². The molecule has 1 saturated heterocycles. The van der Waals surface area contributed by atoms with Gasteiger partial charge < -0.3 is 10.1 Å². The second-order valence-electron chi connectivity index (χ2n) is 7.18. The van der Waals surface area contributed by atoms with Gasteiger partial charge in [-0.25, -0.2) is 8.42 Å². The number of carbonyl (C=O) groups is 2. The van der Waals surface area contributed by atoms with Crippen molar-refractivity contribution in [2.45, 2.75) is 17.4 Å².